The molecule has 0 aromatic rings. The second kappa shape index (κ2) is 13.3. The number of unbranched alkanes of at least 4 members (excludes halogenated alkanes) is 1. The molecule has 0 radical (unpaired) electrons. The molecular formula is C7H21O5PSi. The van der Waals surface area contributed by atoms with Gasteiger partial charge in [-0.25, -0.2) is 0 Å². The van der Waals surface area contributed by atoms with Crippen molar-refractivity contribution in [2.75, 3.05) is 27.5 Å². The van der Waals surface area contributed by atoms with Crippen LogP contribution in [-0.2, 0) is 17.8 Å². The van der Waals surface area contributed by atoms with Gasteiger partial charge in [0, 0.05) is 27.5 Å². The molecule has 0 bridgehead atoms. The molecule has 5 nitrogen and oxygen atoms in total. The van der Waals surface area contributed by atoms with Crippen molar-refractivity contribution in [1.82, 2.24) is 0 Å². The summed E-state index contributed by atoms with van der Waals surface area (Å²) in [5.74, 6) is 0. The van der Waals surface area contributed by atoms with Crippen LogP contribution in [0.2, 0.25) is 0 Å². The molecule has 1 atom stereocenters. The molecule has 0 fully saturated rings. The van der Waals surface area contributed by atoms with Crippen molar-refractivity contribution < 1.29 is 22.7 Å². The molecule has 0 aliphatic heterocycles. The van der Waals surface area contributed by atoms with E-state index in [1.165, 1.54) is 0 Å². The topological polar surface area (TPSA) is 65.0 Å². The molecule has 0 aromatic carbocycles. The minimum atomic E-state index is -2.15. The standard InChI is InChI=1S/C4H11O2P.C3H10O3Si/c1-2-3-4-7(5)6;1-4-7(5-2)6-3/h7H,2-4H2,1H3,(H,5,6);7H,1-3H3. The lowest BCUT2D eigenvalue weighted by Gasteiger charge is -2.05. The zero-order valence-corrected chi connectivity index (χ0v) is 11.4. The van der Waals surface area contributed by atoms with E-state index >= 15 is 0 Å². The summed E-state index contributed by atoms with van der Waals surface area (Å²) in [6.07, 6.45) is 2.40. The predicted molar refractivity (Wildman–Crippen MR) is 59.2 cm³/mol. The van der Waals surface area contributed by atoms with Crippen LogP contribution in [0.15, 0.2) is 0 Å². The largest absolute Gasteiger partial charge is 0.483 e. The van der Waals surface area contributed by atoms with Gasteiger partial charge in [0.1, 0.15) is 0 Å². The molecule has 7 heteroatoms. The van der Waals surface area contributed by atoms with Crippen LogP contribution in [0.4, 0.5) is 0 Å². The van der Waals surface area contributed by atoms with Crippen LogP contribution in [-0.4, -0.2) is 41.9 Å². The first-order valence-electron chi connectivity index (χ1n) is 4.42. The van der Waals surface area contributed by atoms with Gasteiger partial charge in [-0.1, -0.05) is 13.3 Å². The van der Waals surface area contributed by atoms with Gasteiger partial charge in [-0.05, 0) is 6.42 Å². The van der Waals surface area contributed by atoms with Crippen molar-refractivity contribution in [2.24, 2.45) is 0 Å². The Labute approximate surface area is 88.2 Å². The van der Waals surface area contributed by atoms with E-state index in [0.717, 1.165) is 12.8 Å². The Bertz CT molecular complexity index is 126. The molecule has 0 spiro atoms. The zero-order valence-electron chi connectivity index (χ0n) is 9.28. The summed E-state index contributed by atoms with van der Waals surface area (Å²) in [6.45, 7) is 2.00. The van der Waals surface area contributed by atoms with Crippen LogP contribution in [0, 0.1) is 0 Å². The quantitative estimate of drug-likeness (QED) is 0.555. The third-order valence-electron chi connectivity index (χ3n) is 1.32. The predicted octanol–water partition coefficient (Wildman–Crippen LogP) is 0.896. The van der Waals surface area contributed by atoms with Gasteiger partial charge < -0.3 is 18.2 Å². The van der Waals surface area contributed by atoms with E-state index in [-0.39, 0.29) is 0 Å². The molecule has 0 heterocycles. The number of hydrogen-bond acceptors (Lipinski definition) is 4. The highest BCUT2D eigenvalue weighted by Crippen LogP contribution is 2.13. The minimum absolute atomic E-state index is 0.501. The molecular weight excluding hydrogens is 223 g/mol. The molecule has 14 heavy (non-hydrogen) atoms. The Kier molecular flexibility index (Phi) is 15.9. The molecule has 88 valence electrons. The van der Waals surface area contributed by atoms with Crippen molar-refractivity contribution in [2.45, 2.75) is 19.8 Å². The van der Waals surface area contributed by atoms with Gasteiger partial charge in [0.2, 0.25) is 0 Å². The lowest BCUT2D eigenvalue weighted by molar-refractivity contribution is 0.163. The van der Waals surface area contributed by atoms with E-state index in [0.29, 0.717) is 6.16 Å². The molecule has 0 saturated carbocycles. The van der Waals surface area contributed by atoms with E-state index < -0.39 is 17.6 Å². The smallest absolute Gasteiger partial charge is 0.379 e. The van der Waals surface area contributed by atoms with Crippen molar-refractivity contribution in [3.63, 3.8) is 0 Å². The molecule has 1 unspecified atom stereocenters. The maximum atomic E-state index is 9.94. The molecule has 0 aromatic heterocycles. The Morgan fingerprint density at radius 1 is 1.21 bits per heavy atom. The third kappa shape index (κ3) is 14.8. The SMILES string of the molecule is CCCC[PH](=O)O.CO[SiH](OC)OC. The summed E-state index contributed by atoms with van der Waals surface area (Å²) in [5.41, 5.74) is 0. The highest BCUT2D eigenvalue weighted by atomic mass is 31.1. The van der Waals surface area contributed by atoms with Crippen LogP contribution in [0.3, 0.4) is 0 Å². The summed E-state index contributed by atoms with van der Waals surface area (Å²) in [5, 5.41) is 0. The highest BCUT2D eigenvalue weighted by Gasteiger charge is 2.04. The van der Waals surface area contributed by atoms with Gasteiger partial charge in [0.15, 0.2) is 8.03 Å². The monoisotopic (exact) mass is 244 g/mol. The Morgan fingerprint density at radius 3 is 1.71 bits per heavy atom. The Balaban J connectivity index is 0. The lowest BCUT2D eigenvalue weighted by atomic mass is 10.4. The fraction of sp³-hybridized carbons (Fsp3) is 1.00. The molecule has 0 aliphatic carbocycles. The normalized spacial score (nSPS) is 12.1. The molecule has 0 amide bonds. The van der Waals surface area contributed by atoms with E-state index in [1.54, 1.807) is 21.3 Å². The van der Waals surface area contributed by atoms with E-state index in [1.807, 2.05) is 6.92 Å². The van der Waals surface area contributed by atoms with Crippen molar-refractivity contribution in [3.8, 4) is 0 Å². The van der Waals surface area contributed by atoms with Crippen molar-refractivity contribution in [3.05, 3.63) is 0 Å². The van der Waals surface area contributed by atoms with Gasteiger partial charge in [0.05, 0.1) is 0 Å². The summed E-state index contributed by atoms with van der Waals surface area (Å²) in [6, 6.07) is 0. The fourth-order valence-electron chi connectivity index (χ4n) is 0.617. The average Bonchev–Trinajstić information content (AvgIpc) is 2.18. The number of hydrogen-bond donors (Lipinski definition) is 1. The van der Waals surface area contributed by atoms with E-state index in [9.17, 15) is 4.57 Å². The number of rotatable bonds is 6. The summed E-state index contributed by atoms with van der Waals surface area (Å²) < 4.78 is 24.2. The first-order valence-corrected chi connectivity index (χ1v) is 7.40. The van der Waals surface area contributed by atoms with Crippen LogP contribution >= 0.6 is 8.03 Å². The van der Waals surface area contributed by atoms with Gasteiger partial charge >= 0.3 is 9.53 Å². The van der Waals surface area contributed by atoms with Gasteiger partial charge in [-0.2, -0.15) is 0 Å². The van der Waals surface area contributed by atoms with Crippen LogP contribution in [0.5, 0.6) is 0 Å². The summed E-state index contributed by atoms with van der Waals surface area (Å²) in [7, 11) is 0.901. The molecule has 0 saturated heterocycles. The second-order valence-corrected chi connectivity index (χ2v) is 5.77. The van der Waals surface area contributed by atoms with Crippen molar-refractivity contribution in [1.29, 1.82) is 0 Å². The molecule has 0 rings (SSSR count). The van der Waals surface area contributed by atoms with E-state index in [4.69, 9.17) is 18.2 Å². The highest BCUT2D eigenvalue weighted by molar-refractivity contribution is 7.37. The van der Waals surface area contributed by atoms with Gasteiger partial charge in [-0.15, -0.1) is 0 Å². The van der Waals surface area contributed by atoms with Crippen molar-refractivity contribution >= 4 is 17.6 Å². The summed E-state index contributed by atoms with van der Waals surface area (Å²) >= 11 is 0. The zero-order chi connectivity index (χ0) is 11.4. The average molecular weight is 244 g/mol. The Hall–Kier alpha value is 0.287. The fourth-order valence-corrected chi connectivity index (χ4v) is 1.85. The van der Waals surface area contributed by atoms with Gasteiger partial charge in [-0.3, -0.25) is 4.57 Å². The van der Waals surface area contributed by atoms with Crippen LogP contribution in [0.25, 0.3) is 0 Å². The van der Waals surface area contributed by atoms with Crippen LogP contribution < -0.4 is 0 Å². The van der Waals surface area contributed by atoms with Crippen LogP contribution in [0.1, 0.15) is 19.8 Å². The third-order valence-corrected chi connectivity index (χ3v) is 3.26. The summed E-state index contributed by atoms with van der Waals surface area (Å²) in [4.78, 5) is 8.23. The second-order valence-electron chi connectivity index (χ2n) is 2.49. The minimum Gasteiger partial charge on any atom is -0.379 e. The first-order chi connectivity index (χ1) is 6.62. The Morgan fingerprint density at radius 2 is 1.64 bits per heavy atom. The van der Waals surface area contributed by atoms with Gasteiger partial charge in [0.25, 0.3) is 0 Å². The maximum Gasteiger partial charge on any atom is 0.483 e. The lowest BCUT2D eigenvalue weighted by Crippen LogP contribution is -2.21. The molecule has 0 aliphatic rings. The molecule has 1 N–H and O–H groups in total. The maximum absolute atomic E-state index is 9.94. The first kappa shape index (κ1) is 16.7. The van der Waals surface area contributed by atoms with E-state index in [2.05, 4.69) is 0 Å².